The van der Waals surface area contributed by atoms with Gasteiger partial charge in [0.25, 0.3) is 0 Å². The number of nitrogens with zero attached hydrogens (tertiary/aromatic N) is 3. The number of benzene rings is 2. The van der Waals surface area contributed by atoms with Gasteiger partial charge in [-0.2, -0.15) is 0 Å². The number of ether oxygens (including phenoxy) is 2. The van der Waals surface area contributed by atoms with Gasteiger partial charge in [-0.1, -0.05) is 65.8 Å². The minimum atomic E-state index is -1.19. The minimum absolute atomic E-state index is 0.0650. The molecule has 0 aromatic heterocycles. The average Bonchev–Trinajstić information content (AvgIpc) is 2.69. The van der Waals surface area contributed by atoms with Crippen LogP contribution in [0.15, 0.2) is 65.8 Å². The van der Waals surface area contributed by atoms with E-state index < -0.39 is 24.9 Å². The van der Waals surface area contributed by atoms with Gasteiger partial charge in [-0.15, -0.1) is 0 Å². The summed E-state index contributed by atoms with van der Waals surface area (Å²) in [4.78, 5) is 2.83. The van der Waals surface area contributed by atoms with Crippen molar-refractivity contribution in [1.29, 1.82) is 0 Å². The first-order valence-electron chi connectivity index (χ1n) is 8.35. The maximum absolute atomic E-state index is 10.1. The SMILES string of the molecule is [N-]=[N+]=N[C@H](COCc1ccccc1)[C@@H](OCc1ccccc1)[C@H](O)CO. The first-order chi connectivity index (χ1) is 12.7. The van der Waals surface area contributed by atoms with Crippen molar-refractivity contribution in [3.05, 3.63) is 82.2 Å². The summed E-state index contributed by atoms with van der Waals surface area (Å²) in [6, 6.07) is 18.2. The molecule has 0 fully saturated rings. The summed E-state index contributed by atoms with van der Waals surface area (Å²) in [5.74, 6) is 0. The fraction of sp³-hybridized carbons (Fsp3) is 0.368. The van der Waals surface area contributed by atoms with Crippen LogP contribution in [0.25, 0.3) is 10.4 Å². The zero-order valence-corrected chi connectivity index (χ0v) is 14.4. The van der Waals surface area contributed by atoms with Crippen molar-refractivity contribution < 1.29 is 19.7 Å². The number of hydrogen-bond donors (Lipinski definition) is 2. The third-order valence-electron chi connectivity index (χ3n) is 3.83. The lowest BCUT2D eigenvalue weighted by molar-refractivity contribution is -0.0874. The zero-order valence-electron chi connectivity index (χ0n) is 14.4. The number of aliphatic hydroxyl groups is 2. The van der Waals surface area contributed by atoms with Crippen LogP contribution in [0, 0.1) is 0 Å². The third-order valence-corrected chi connectivity index (χ3v) is 3.83. The summed E-state index contributed by atoms with van der Waals surface area (Å²) < 4.78 is 11.4. The molecule has 0 unspecified atom stereocenters. The Morgan fingerprint density at radius 2 is 1.54 bits per heavy atom. The quantitative estimate of drug-likeness (QED) is 0.366. The largest absolute Gasteiger partial charge is 0.394 e. The van der Waals surface area contributed by atoms with Crippen LogP contribution in [0.3, 0.4) is 0 Å². The molecule has 26 heavy (non-hydrogen) atoms. The summed E-state index contributed by atoms with van der Waals surface area (Å²) in [5.41, 5.74) is 10.7. The molecule has 2 aromatic carbocycles. The van der Waals surface area contributed by atoms with Crippen LogP contribution < -0.4 is 0 Å². The smallest absolute Gasteiger partial charge is 0.104 e. The van der Waals surface area contributed by atoms with Crippen molar-refractivity contribution in [2.45, 2.75) is 31.5 Å². The van der Waals surface area contributed by atoms with E-state index in [-0.39, 0.29) is 13.2 Å². The Bertz CT molecular complexity index is 678. The van der Waals surface area contributed by atoms with Crippen molar-refractivity contribution in [3.8, 4) is 0 Å². The van der Waals surface area contributed by atoms with E-state index in [2.05, 4.69) is 10.0 Å². The van der Waals surface area contributed by atoms with E-state index in [0.29, 0.717) is 6.61 Å². The maximum Gasteiger partial charge on any atom is 0.104 e. The Balaban J connectivity index is 1.98. The Labute approximate surface area is 152 Å². The highest BCUT2D eigenvalue weighted by atomic mass is 16.5. The lowest BCUT2D eigenvalue weighted by atomic mass is 10.1. The molecule has 0 aliphatic rings. The van der Waals surface area contributed by atoms with Crippen LogP contribution in [0.2, 0.25) is 0 Å². The van der Waals surface area contributed by atoms with E-state index in [4.69, 9.17) is 15.0 Å². The van der Waals surface area contributed by atoms with Gasteiger partial charge in [-0.05, 0) is 16.7 Å². The van der Waals surface area contributed by atoms with Gasteiger partial charge in [0.2, 0.25) is 0 Å². The Kier molecular flexibility index (Phi) is 8.62. The van der Waals surface area contributed by atoms with Crippen LogP contribution >= 0.6 is 0 Å². The minimum Gasteiger partial charge on any atom is -0.394 e. The molecular weight excluding hydrogens is 334 g/mol. The highest BCUT2D eigenvalue weighted by molar-refractivity contribution is 5.14. The highest BCUT2D eigenvalue weighted by Crippen LogP contribution is 2.14. The molecule has 0 saturated heterocycles. The maximum atomic E-state index is 10.1. The molecular formula is C19H23N3O4. The molecule has 0 heterocycles. The Morgan fingerprint density at radius 1 is 0.962 bits per heavy atom. The molecule has 0 aliphatic carbocycles. The summed E-state index contributed by atoms with van der Waals surface area (Å²) in [6.07, 6.45) is -2.07. The number of rotatable bonds is 11. The Hall–Kier alpha value is -2.41. The second-order valence-corrected chi connectivity index (χ2v) is 5.78. The molecule has 0 amide bonds. The van der Waals surface area contributed by atoms with Crippen LogP contribution in [-0.4, -0.2) is 41.7 Å². The van der Waals surface area contributed by atoms with E-state index in [1.165, 1.54) is 0 Å². The highest BCUT2D eigenvalue weighted by Gasteiger charge is 2.28. The second kappa shape index (κ2) is 11.3. The molecule has 2 rings (SSSR count). The van der Waals surface area contributed by atoms with Crippen molar-refractivity contribution in [2.24, 2.45) is 5.11 Å². The lowest BCUT2D eigenvalue weighted by Gasteiger charge is -2.27. The molecule has 3 atom stereocenters. The van der Waals surface area contributed by atoms with Crippen LogP contribution in [0.5, 0.6) is 0 Å². The van der Waals surface area contributed by atoms with Gasteiger partial charge in [-0.25, -0.2) is 0 Å². The van der Waals surface area contributed by atoms with E-state index in [9.17, 15) is 10.2 Å². The molecule has 0 saturated carbocycles. The van der Waals surface area contributed by atoms with Crippen molar-refractivity contribution in [2.75, 3.05) is 13.2 Å². The molecule has 0 spiro atoms. The van der Waals surface area contributed by atoms with Gasteiger partial charge in [0.15, 0.2) is 0 Å². The van der Waals surface area contributed by atoms with Gasteiger partial charge >= 0.3 is 0 Å². The summed E-state index contributed by atoms with van der Waals surface area (Å²) in [6.45, 7) is 0.128. The van der Waals surface area contributed by atoms with Gasteiger partial charge in [-0.3, -0.25) is 0 Å². The number of hydrogen-bond acceptors (Lipinski definition) is 5. The third kappa shape index (κ3) is 6.48. The van der Waals surface area contributed by atoms with E-state index >= 15 is 0 Å². The summed E-state index contributed by atoms with van der Waals surface area (Å²) >= 11 is 0. The first-order valence-corrected chi connectivity index (χ1v) is 8.35. The zero-order chi connectivity index (χ0) is 18.6. The van der Waals surface area contributed by atoms with E-state index in [0.717, 1.165) is 11.1 Å². The van der Waals surface area contributed by atoms with Crippen LogP contribution in [0.1, 0.15) is 11.1 Å². The predicted octanol–water partition coefficient (Wildman–Crippen LogP) is 2.82. The molecule has 0 bridgehead atoms. The Morgan fingerprint density at radius 3 is 2.08 bits per heavy atom. The molecule has 0 aliphatic heterocycles. The van der Waals surface area contributed by atoms with Crippen LogP contribution in [-0.2, 0) is 22.7 Å². The van der Waals surface area contributed by atoms with Crippen molar-refractivity contribution in [3.63, 3.8) is 0 Å². The molecule has 7 heteroatoms. The normalized spacial score (nSPS) is 14.2. The molecule has 7 nitrogen and oxygen atoms in total. The molecule has 2 N–H and O–H groups in total. The molecule has 2 aromatic rings. The van der Waals surface area contributed by atoms with Gasteiger partial charge in [0.1, 0.15) is 6.10 Å². The first kappa shape index (κ1) is 19.9. The van der Waals surface area contributed by atoms with Crippen molar-refractivity contribution in [1.82, 2.24) is 0 Å². The predicted molar refractivity (Wildman–Crippen MR) is 97.1 cm³/mol. The number of azide groups is 1. The monoisotopic (exact) mass is 357 g/mol. The van der Waals surface area contributed by atoms with Gasteiger partial charge in [0, 0.05) is 4.91 Å². The number of aliphatic hydroxyl groups excluding tert-OH is 2. The summed E-state index contributed by atoms with van der Waals surface area (Å²) in [5, 5.41) is 23.1. The van der Waals surface area contributed by atoms with E-state index in [1.54, 1.807) is 0 Å². The van der Waals surface area contributed by atoms with Crippen LogP contribution in [0.4, 0.5) is 0 Å². The summed E-state index contributed by atoms with van der Waals surface area (Å²) in [7, 11) is 0. The van der Waals surface area contributed by atoms with Gasteiger partial charge < -0.3 is 19.7 Å². The van der Waals surface area contributed by atoms with Crippen molar-refractivity contribution >= 4 is 0 Å². The fourth-order valence-corrected chi connectivity index (χ4v) is 2.48. The molecule has 0 radical (unpaired) electrons. The lowest BCUT2D eigenvalue weighted by Crippen LogP contribution is -2.42. The molecule has 138 valence electrons. The standard InChI is InChI=1S/C19H23N3O4/c20-22-21-17(14-25-12-15-7-3-1-4-8-15)19(18(24)11-23)26-13-16-9-5-2-6-10-16/h1-10,17-19,23-24H,11-14H2/t17-,18-,19-/m1/s1. The fourth-order valence-electron chi connectivity index (χ4n) is 2.48. The second-order valence-electron chi connectivity index (χ2n) is 5.78. The van der Waals surface area contributed by atoms with E-state index in [1.807, 2.05) is 60.7 Å². The van der Waals surface area contributed by atoms with Gasteiger partial charge in [0.05, 0.1) is 38.6 Å². The topological polar surface area (TPSA) is 108 Å². The average molecular weight is 357 g/mol.